The maximum atomic E-state index is 13.2. The Bertz CT molecular complexity index is 1010. The Labute approximate surface area is 175 Å². The molecular formula is C23H27N3O4. The molecule has 3 aliphatic rings. The summed E-state index contributed by atoms with van der Waals surface area (Å²) in [4.78, 5) is 45.8. The van der Waals surface area contributed by atoms with Crippen LogP contribution < -0.4 is 0 Å². The number of carbonyl (C=O) groups is 3. The van der Waals surface area contributed by atoms with Crippen LogP contribution in [0.25, 0.3) is 10.9 Å². The topological polar surface area (TPSA) is 82.7 Å². The number of esters is 1. The van der Waals surface area contributed by atoms with Crippen molar-refractivity contribution in [3.8, 4) is 0 Å². The van der Waals surface area contributed by atoms with Gasteiger partial charge in [0.1, 0.15) is 6.04 Å². The summed E-state index contributed by atoms with van der Waals surface area (Å²) in [6.45, 7) is 0.448. The number of aromatic amines is 1. The molecule has 0 bridgehead atoms. The van der Waals surface area contributed by atoms with Gasteiger partial charge in [-0.1, -0.05) is 37.5 Å². The van der Waals surface area contributed by atoms with Crippen LogP contribution in [0.5, 0.6) is 0 Å². The van der Waals surface area contributed by atoms with Gasteiger partial charge in [0.05, 0.1) is 19.7 Å². The van der Waals surface area contributed by atoms with Crippen LogP contribution in [0.15, 0.2) is 24.3 Å². The van der Waals surface area contributed by atoms with E-state index >= 15 is 0 Å². The lowest BCUT2D eigenvalue weighted by atomic mass is 9.86. The second-order valence-corrected chi connectivity index (χ2v) is 8.68. The molecule has 2 aliphatic heterocycles. The molecule has 1 aliphatic carbocycles. The first-order valence-corrected chi connectivity index (χ1v) is 10.9. The molecule has 1 aromatic heterocycles. The monoisotopic (exact) mass is 409 g/mol. The lowest BCUT2D eigenvalue weighted by molar-refractivity contribution is -0.163. The van der Waals surface area contributed by atoms with E-state index in [9.17, 15) is 14.4 Å². The third-order valence-corrected chi connectivity index (χ3v) is 7.00. The summed E-state index contributed by atoms with van der Waals surface area (Å²) >= 11 is 0. The molecule has 7 nitrogen and oxygen atoms in total. The van der Waals surface area contributed by atoms with Gasteiger partial charge in [-0.05, 0) is 24.5 Å². The summed E-state index contributed by atoms with van der Waals surface area (Å²) < 4.78 is 5.04. The first-order valence-electron chi connectivity index (χ1n) is 10.9. The van der Waals surface area contributed by atoms with Crippen LogP contribution in [-0.2, 0) is 25.5 Å². The zero-order valence-corrected chi connectivity index (χ0v) is 17.2. The lowest BCUT2D eigenvalue weighted by Crippen LogP contribution is -2.61. The predicted octanol–water partition coefficient (Wildman–Crippen LogP) is 2.56. The van der Waals surface area contributed by atoms with Gasteiger partial charge in [0.25, 0.3) is 0 Å². The first kappa shape index (κ1) is 19.2. The predicted molar refractivity (Wildman–Crippen MR) is 111 cm³/mol. The largest absolute Gasteiger partial charge is 0.467 e. The molecule has 2 amide bonds. The molecule has 30 heavy (non-hydrogen) atoms. The van der Waals surface area contributed by atoms with Crippen LogP contribution in [0.2, 0.25) is 0 Å². The van der Waals surface area contributed by atoms with E-state index in [1.165, 1.54) is 13.5 Å². The highest BCUT2D eigenvalue weighted by molar-refractivity contribution is 5.93. The number of para-hydroxylation sites is 1. The minimum absolute atomic E-state index is 0.0141. The molecule has 7 heteroatoms. The minimum atomic E-state index is -0.661. The summed E-state index contributed by atoms with van der Waals surface area (Å²) in [5.74, 6) is -0.493. The second-order valence-electron chi connectivity index (χ2n) is 8.68. The number of carbonyl (C=O) groups excluding carboxylic acids is 3. The van der Waals surface area contributed by atoms with Gasteiger partial charge in [-0.15, -0.1) is 0 Å². The molecule has 1 saturated heterocycles. The number of fused-ring (bicyclic) bond motifs is 5. The number of amides is 2. The summed E-state index contributed by atoms with van der Waals surface area (Å²) in [6, 6.07) is 6.95. The Hall–Kier alpha value is -2.83. The molecule has 1 saturated carbocycles. The maximum Gasteiger partial charge on any atom is 0.328 e. The number of hydrogen-bond donors (Lipinski definition) is 1. The molecule has 0 radical (unpaired) electrons. The summed E-state index contributed by atoms with van der Waals surface area (Å²) in [6.07, 6.45) is 5.55. The van der Waals surface area contributed by atoms with E-state index in [1.54, 1.807) is 9.80 Å². The third-order valence-electron chi connectivity index (χ3n) is 7.00. The number of nitrogens with zero attached hydrogens (tertiary/aromatic N) is 2. The standard InChI is InChI=1S/C23H27N3O4/c1-30-23(29)18-11-16-15-9-5-6-10-17(15)24-21(16)19-12-25(13-20(27)26(18)19)22(28)14-7-3-2-4-8-14/h5-6,9-10,14,18-19,24H,2-4,7-8,11-13H2,1H3/t18-,19+/m0/s1. The maximum absolute atomic E-state index is 13.2. The van der Waals surface area contributed by atoms with E-state index in [0.717, 1.165) is 47.8 Å². The van der Waals surface area contributed by atoms with Crippen molar-refractivity contribution in [2.75, 3.05) is 20.2 Å². The Morgan fingerprint density at radius 2 is 1.90 bits per heavy atom. The van der Waals surface area contributed by atoms with E-state index in [-0.39, 0.29) is 30.3 Å². The molecular weight excluding hydrogens is 382 g/mol. The van der Waals surface area contributed by atoms with Crippen molar-refractivity contribution in [2.24, 2.45) is 5.92 Å². The Balaban J connectivity index is 1.53. The molecule has 0 spiro atoms. The number of aromatic nitrogens is 1. The molecule has 1 aromatic carbocycles. The molecule has 0 unspecified atom stereocenters. The van der Waals surface area contributed by atoms with E-state index in [4.69, 9.17) is 4.74 Å². The van der Waals surface area contributed by atoms with Crippen LogP contribution in [0.3, 0.4) is 0 Å². The number of rotatable bonds is 2. The molecule has 2 atom stereocenters. The molecule has 158 valence electrons. The molecule has 3 heterocycles. The number of hydrogen-bond acceptors (Lipinski definition) is 4. The van der Waals surface area contributed by atoms with E-state index in [2.05, 4.69) is 4.98 Å². The van der Waals surface area contributed by atoms with Crippen LogP contribution in [0, 0.1) is 5.92 Å². The average Bonchev–Trinajstić information content (AvgIpc) is 3.17. The number of benzene rings is 1. The van der Waals surface area contributed by atoms with Gasteiger partial charge in [0, 0.05) is 35.5 Å². The lowest BCUT2D eigenvalue weighted by Gasteiger charge is -2.47. The summed E-state index contributed by atoms with van der Waals surface area (Å²) in [5.41, 5.74) is 2.96. The van der Waals surface area contributed by atoms with Crippen molar-refractivity contribution >= 4 is 28.7 Å². The number of piperazine rings is 1. The Morgan fingerprint density at radius 1 is 1.13 bits per heavy atom. The average molecular weight is 409 g/mol. The minimum Gasteiger partial charge on any atom is -0.467 e. The second kappa shape index (κ2) is 7.45. The van der Waals surface area contributed by atoms with Crippen molar-refractivity contribution < 1.29 is 19.1 Å². The van der Waals surface area contributed by atoms with Crippen molar-refractivity contribution in [1.82, 2.24) is 14.8 Å². The zero-order valence-electron chi connectivity index (χ0n) is 17.2. The van der Waals surface area contributed by atoms with Gasteiger partial charge < -0.3 is 19.5 Å². The number of ether oxygens (including phenoxy) is 1. The van der Waals surface area contributed by atoms with E-state index < -0.39 is 12.0 Å². The van der Waals surface area contributed by atoms with E-state index in [0.29, 0.717) is 13.0 Å². The van der Waals surface area contributed by atoms with Gasteiger partial charge in [-0.25, -0.2) is 4.79 Å². The smallest absolute Gasteiger partial charge is 0.328 e. The first-order chi connectivity index (χ1) is 14.6. The molecule has 1 N–H and O–H groups in total. The van der Waals surface area contributed by atoms with Crippen LogP contribution in [-0.4, -0.2) is 58.8 Å². The van der Waals surface area contributed by atoms with Crippen LogP contribution in [0.1, 0.15) is 49.4 Å². The van der Waals surface area contributed by atoms with Crippen molar-refractivity contribution in [3.05, 3.63) is 35.5 Å². The fourth-order valence-corrected chi connectivity index (χ4v) is 5.53. The highest BCUT2D eigenvalue weighted by Crippen LogP contribution is 2.40. The third kappa shape index (κ3) is 2.99. The van der Waals surface area contributed by atoms with Crippen molar-refractivity contribution in [1.29, 1.82) is 0 Å². The molecule has 5 rings (SSSR count). The number of methoxy groups -OCH3 is 1. The zero-order chi connectivity index (χ0) is 20.8. The van der Waals surface area contributed by atoms with Gasteiger partial charge in [0.2, 0.25) is 11.8 Å². The SMILES string of the molecule is COC(=O)[C@@H]1Cc2c([nH]c3ccccc23)[C@H]2CN(C(=O)C3CCCCC3)CC(=O)N21. The van der Waals surface area contributed by atoms with E-state index in [1.807, 2.05) is 24.3 Å². The fourth-order valence-electron chi connectivity index (χ4n) is 5.53. The summed E-state index contributed by atoms with van der Waals surface area (Å²) in [7, 11) is 1.36. The van der Waals surface area contributed by atoms with Crippen LogP contribution >= 0.6 is 0 Å². The Kier molecular flexibility index (Phi) is 4.76. The van der Waals surface area contributed by atoms with Gasteiger partial charge in [0.15, 0.2) is 0 Å². The highest BCUT2D eigenvalue weighted by atomic mass is 16.5. The van der Waals surface area contributed by atoms with Crippen molar-refractivity contribution in [2.45, 2.75) is 50.6 Å². The normalized spacial score (nSPS) is 24.5. The van der Waals surface area contributed by atoms with Gasteiger partial charge in [-0.2, -0.15) is 0 Å². The number of H-pyrrole nitrogens is 1. The quantitative estimate of drug-likeness (QED) is 0.773. The fraction of sp³-hybridized carbons (Fsp3) is 0.522. The number of nitrogens with one attached hydrogen (secondary N) is 1. The Morgan fingerprint density at radius 3 is 2.67 bits per heavy atom. The van der Waals surface area contributed by atoms with Gasteiger partial charge >= 0.3 is 5.97 Å². The molecule has 2 aromatic rings. The molecule has 2 fully saturated rings. The van der Waals surface area contributed by atoms with Crippen LogP contribution in [0.4, 0.5) is 0 Å². The van der Waals surface area contributed by atoms with Crippen molar-refractivity contribution in [3.63, 3.8) is 0 Å². The summed E-state index contributed by atoms with van der Waals surface area (Å²) in [5, 5.41) is 1.06. The highest BCUT2D eigenvalue weighted by Gasteiger charge is 2.47. The van der Waals surface area contributed by atoms with Gasteiger partial charge in [-0.3, -0.25) is 9.59 Å².